The van der Waals surface area contributed by atoms with Crippen LogP contribution < -0.4 is 0 Å². The first kappa shape index (κ1) is 10.8. The standard InChI is InChI=1S/C11H6F3N4/c12-11(13,14)7-1-3-8(4-2-7)18-5-9-10(17-18)16-6-15-9/h1-5H,(H,15,16,17). The molecule has 3 rings (SSSR count). The molecule has 2 heterocycles. The lowest BCUT2D eigenvalue weighted by atomic mass is 10.2. The number of nitrogens with one attached hydrogen (secondary N) is 1. The second-order valence-electron chi connectivity index (χ2n) is 3.70. The van der Waals surface area contributed by atoms with Crippen LogP contribution in [0.15, 0.2) is 30.5 Å². The van der Waals surface area contributed by atoms with E-state index in [0.29, 0.717) is 16.9 Å². The van der Waals surface area contributed by atoms with Crippen LogP contribution in [0.4, 0.5) is 13.2 Å². The van der Waals surface area contributed by atoms with Crippen molar-refractivity contribution in [3.63, 3.8) is 0 Å². The van der Waals surface area contributed by atoms with Gasteiger partial charge in [0.25, 0.3) is 0 Å². The Morgan fingerprint density at radius 1 is 1.17 bits per heavy atom. The molecule has 0 bridgehead atoms. The van der Waals surface area contributed by atoms with Crippen molar-refractivity contribution in [1.29, 1.82) is 0 Å². The van der Waals surface area contributed by atoms with Gasteiger partial charge in [0.05, 0.1) is 17.4 Å². The van der Waals surface area contributed by atoms with Gasteiger partial charge in [-0.05, 0) is 24.3 Å². The molecule has 18 heavy (non-hydrogen) atoms. The maximum atomic E-state index is 12.4. The van der Waals surface area contributed by atoms with Gasteiger partial charge in [0.15, 0.2) is 12.0 Å². The molecule has 4 nitrogen and oxygen atoms in total. The van der Waals surface area contributed by atoms with Crippen molar-refractivity contribution in [2.24, 2.45) is 0 Å². The van der Waals surface area contributed by atoms with Gasteiger partial charge in [0, 0.05) is 0 Å². The lowest BCUT2D eigenvalue weighted by Crippen LogP contribution is -2.05. The van der Waals surface area contributed by atoms with Crippen molar-refractivity contribution >= 4 is 11.2 Å². The van der Waals surface area contributed by atoms with E-state index in [9.17, 15) is 13.2 Å². The van der Waals surface area contributed by atoms with Crippen molar-refractivity contribution in [3.8, 4) is 5.69 Å². The summed E-state index contributed by atoms with van der Waals surface area (Å²) in [5.74, 6) is 0. The predicted molar refractivity (Wildman–Crippen MR) is 57.1 cm³/mol. The minimum Gasteiger partial charge on any atom is -0.333 e. The molecule has 0 spiro atoms. The maximum absolute atomic E-state index is 12.4. The third-order valence-electron chi connectivity index (χ3n) is 2.51. The fourth-order valence-corrected chi connectivity index (χ4v) is 1.61. The van der Waals surface area contributed by atoms with E-state index in [1.165, 1.54) is 16.8 Å². The van der Waals surface area contributed by atoms with Crippen LogP contribution in [0.5, 0.6) is 0 Å². The zero-order chi connectivity index (χ0) is 12.8. The number of benzene rings is 1. The predicted octanol–water partition coefficient (Wildman–Crippen LogP) is 2.57. The number of imidazole rings is 1. The maximum Gasteiger partial charge on any atom is 0.416 e. The quantitative estimate of drug-likeness (QED) is 0.722. The van der Waals surface area contributed by atoms with Gasteiger partial charge in [-0.15, -0.1) is 5.10 Å². The summed E-state index contributed by atoms with van der Waals surface area (Å²) in [4.78, 5) is 6.58. The smallest absolute Gasteiger partial charge is 0.333 e. The highest BCUT2D eigenvalue weighted by molar-refractivity contribution is 5.69. The fraction of sp³-hybridized carbons (Fsp3) is 0.0909. The van der Waals surface area contributed by atoms with Crippen LogP contribution in [0.2, 0.25) is 0 Å². The van der Waals surface area contributed by atoms with Crippen LogP contribution in [-0.4, -0.2) is 19.7 Å². The second kappa shape index (κ2) is 3.59. The third kappa shape index (κ3) is 1.73. The van der Waals surface area contributed by atoms with Gasteiger partial charge >= 0.3 is 6.18 Å². The van der Waals surface area contributed by atoms with Gasteiger partial charge < -0.3 is 4.98 Å². The molecule has 0 aliphatic carbocycles. The summed E-state index contributed by atoms with van der Waals surface area (Å²) in [6.07, 6.45) is -0.162. The van der Waals surface area contributed by atoms with E-state index in [0.717, 1.165) is 12.1 Å². The summed E-state index contributed by atoms with van der Waals surface area (Å²) >= 11 is 0. The number of aromatic nitrogens is 4. The van der Waals surface area contributed by atoms with E-state index in [1.807, 2.05) is 0 Å². The van der Waals surface area contributed by atoms with Crippen molar-refractivity contribution in [2.75, 3.05) is 0 Å². The SMILES string of the molecule is FC(F)(F)c1ccc(-n2cc3[nH][c]nc3n2)cc1. The first-order valence-corrected chi connectivity index (χ1v) is 5.03. The monoisotopic (exact) mass is 251 g/mol. The molecule has 0 aliphatic rings. The van der Waals surface area contributed by atoms with Gasteiger partial charge in [0.1, 0.15) is 5.52 Å². The molecule has 7 heteroatoms. The van der Waals surface area contributed by atoms with Crippen molar-refractivity contribution < 1.29 is 13.2 Å². The van der Waals surface area contributed by atoms with Crippen molar-refractivity contribution in [3.05, 3.63) is 42.4 Å². The van der Waals surface area contributed by atoms with Crippen LogP contribution >= 0.6 is 0 Å². The number of H-pyrrole nitrogens is 1. The number of halogens is 3. The van der Waals surface area contributed by atoms with Crippen LogP contribution in [0.1, 0.15) is 5.56 Å². The van der Waals surface area contributed by atoms with Gasteiger partial charge in [-0.1, -0.05) is 0 Å². The molecule has 0 atom stereocenters. The molecule has 91 valence electrons. The summed E-state index contributed by atoms with van der Waals surface area (Å²) in [5, 5.41) is 4.10. The second-order valence-corrected chi connectivity index (χ2v) is 3.70. The van der Waals surface area contributed by atoms with Crippen molar-refractivity contribution in [1.82, 2.24) is 19.7 Å². The minimum absolute atomic E-state index is 0.467. The Bertz CT molecular complexity index is 650. The number of rotatable bonds is 1. The molecular weight excluding hydrogens is 245 g/mol. The highest BCUT2D eigenvalue weighted by Gasteiger charge is 2.30. The Morgan fingerprint density at radius 2 is 1.89 bits per heavy atom. The summed E-state index contributed by atoms with van der Waals surface area (Å²) in [6, 6.07) is 4.76. The lowest BCUT2D eigenvalue weighted by Gasteiger charge is -2.07. The topological polar surface area (TPSA) is 46.5 Å². The molecule has 1 aromatic carbocycles. The summed E-state index contributed by atoms with van der Waals surface area (Å²) < 4.78 is 38.7. The average molecular weight is 251 g/mol. The number of nitrogens with zero attached hydrogens (tertiary/aromatic N) is 3. The fourth-order valence-electron chi connectivity index (χ4n) is 1.61. The summed E-state index contributed by atoms with van der Waals surface area (Å²) in [5.41, 5.74) is 0.995. The van der Waals surface area contributed by atoms with E-state index in [-0.39, 0.29) is 0 Å². The molecule has 0 aliphatic heterocycles. The number of aromatic amines is 1. The molecule has 0 amide bonds. The van der Waals surface area contributed by atoms with E-state index < -0.39 is 11.7 Å². The van der Waals surface area contributed by atoms with Crippen LogP contribution in [0, 0.1) is 6.33 Å². The lowest BCUT2D eigenvalue weighted by molar-refractivity contribution is -0.137. The summed E-state index contributed by atoms with van der Waals surface area (Å²) in [7, 11) is 0. The van der Waals surface area contributed by atoms with E-state index in [1.54, 1.807) is 6.20 Å². The van der Waals surface area contributed by atoms with Crippen LogP contribution in [-0.2, 0) is 6.18 Å². The van der Waals surface area contributed by atoms with Gasteiger partial charge in [-0.2, -0.15) is 13.2 Å². The Balaban J connectivity index is 2.00. The molecule has 0 fully saturated rings. The molecule has 1 radical (unpaired) electrons. The number of hydrogen-bond acceptors (Lipinski definition) is 2. The van der Waals surface area contributed by atoms with Crippen LogP contribution in [0.25, 0.3) is 16.9 Å². The van der Waals surface area contributed by atoms with Gasteiger partial charge in [-0.3, -0.25) is 0 Å². The molecule has 0 unspecified atom stereocenters. The molecule has 0 saturated carbocycles. The summed E-state index contributed by atoms with van der Waals surface area (Å²) in [6.45, 7) is 0. The van der Waals surface area contributed by atoms with E-state index in [2.05, 4.69) is 21.4 Å². The molecule has 2 aromatic heterocycles. The largest absolute Gasteiger partial charge is 0.416 e. The van der Waals surface area contributed by atoms with Gasteiger partial charge in [-0.25, -0.2) is 9.67 Å². The minimum atomic E-state index is -4.33. The van der Waals surface area contributed by atoms with Crippen molar-refractivity contribution in [2.45, 2.75) is 6.18 Å². The number of fused-ring (bicyclic) bond motifs is 1. The van der Waals surface area contributed by atoms with Gasteiger partial charge in [0.2, 0.25) is 0 Å². The number of hydrogen-bond donors (Lipinski definition) is 1. The molecule has 3 aromatic rings. The number of alkyl halides is 3. The highest BCUT2D eigenvalue weighted by Crippen LogP contribution is 2.29. The van der Waals surface area contributed by atoms with E-state index in [4.69, 9.17) is 0 Å². The van der Waals surface area contributed by atoms with Crippen LogP contribution in [0.3, 0.4) is 0 Å². The normalized spacial score (nSPS) is 12.2. The molecule has 0 saturated heterocycles. The Labute approximate surface area is 99.1 Å². The first-order chi connectivity index (χ1) is 8.54. The Hall–Kier alpha value is -2.31. The average Bonchev–Trinajstić information content (AvgIpc) is 2.88. The first-order valence-electron chi connectivity index (χ1n) is 5.03. The highest BCUT2D eigenvalue weighted by atomic mass is 19.4. The zero-order valence-electron chi connectivity index (χ0n) is 8.86. The zero-order valence-corrected chi connectivity index (χ0v) is 8.86. The Morgan fingerprint density at radius 3 is 2.50 bits per heavy atom. The molecule has 1 N–H and O–H groups in total. The Kier molecular flexibility index (Phi) is 2.16. The van der Waals surface area contributed by atoms with E-state index >= 15 is 0 Å². The molecular formula is C11H6F3N4. The third-order valence-corrected chi connectivity index (χ3v) is 2.51.